The van der Waals surface area contributed by atoms with E-state index >= 15 is 0 Å². The van der Waals surface area contributed by atoms with Crippen LogP contribution in [0.5, 0.6) is 0 Å². The molecule has 0 spiro atoms. The van der Waals surface area contributed by atoms with Gasteiger partial charge in [0.25, 0.3) is 0 Å². The van der Waals surface area contributed by atoms with Crippen LogP contribution in [0.1, 0.15) is 31.7 Å². The summed E-state index contributed by atoms with van der Waals surface area (Å²) >= 11 is 12.1. The SMILES string of the molecule is C=CCN(Cc1nccn1Cc1ccc(Cl)c(Cl)c1)C(=O)CC(C)C. The molecule has 0 aliphatic carbocycles. The fraction of sp³-hybridized carbons (Fsp3) is 0.368. The first-order valence-corrected chi connectivity index (χ1v) is 8.99. The first-order valence-electron chi connectivity index (χ1n) is 8.23. The van der Waals surface area contributed by atoms with E-state index in [0.29, 0.717) is 42.0 Å². The van der Waals surface area contributed by atoms with E-state index in [-0.39, 0.29) is 5.91 Å². The number of amides is 1. The standard InChI is InChI=1S/C19H23Cl2N3O/c1-4-8-24(19(25)10-14(2)3)13-18-22-7-9-23(18)12-15-5-6-16(20)17(21)11-15/h4-7,9,11,14H,1,8,10,12-13H2,2-3H3. The Labute approximate surface area is 159 Å². The third-order valence-electron chi connectivity index (χ3n) is 3.76. The van der Waals surface area contributed by atoms with Gasteiger partial charge in [0.05, 0.1) is 16.6 Å². The van der Waals surface area contributed by atoms with Crippen molar-refractivity contribution >= 4 is 29.1 Å². The third-order valence-corrected chi connectivity index (χ3v) is 4.50. The molecule has 2 rings (SSSR count). The molecule has 2 aromatic rings. The second-order valence-corrected chi connectivity index (χ2v) is 7.20. The Morgan fingerprint density at radius 1 is 1.36 bits per heavy atom. The van der Waals surface area contributed by atoms with Gasteiger partial charge in [0.2, 0.25) is 5.91 Å². The predicted molar refractivity (Wildman–Crippen MR) is 103 cm³/mol. The fourth-order valence-electron chi connectivity index (χ4n) is 2.53. The summed E-state index contributed by atoms with van der Waals surface area (Å²) in [6, 6.07) is 5.56. The van der Waals surface area contributed by atoms with Gasteiger partial charge >= 0.3 is 0 Å². The molecule has 1 aromatic carbocycles. The normalized spacial score (nSPS) is 10.9. The van der Waals surface area contributed by atoms with E-state index in [1.807, 2.05) is 36.7 Å². The monoisotopic (exact) mass is 379 g/mol. The van der Waals surface area contributed by atoms with Crippen LogP contribution in [0.4, 0.5) is 0 Å². The predicted octanol–water partition coefficient (Wildman–Crippen LogP) is 4.80. The minimum atomic E-state index is 0.110. The molecule has 0 aliphatic rings. The molecule has 1 heterocycles. The van der Waals surface area contributed by atoms with Gasteiger partial charge in [0, 0.05) is 31.9 Å². The highest BCUT2D eigenvalue weighted by Gasteiger charge is 2.16. The highest BCUT2D eigenvalue weighted by Crippen LogP contribution is 2.23. The van der Waals surface area contributed by atoms with Crippen LogP contribution in [0.3, 0.4) is 0 Å². The Bertz CT molecular complexity index is 740. The number of carbonyl (C=O) groups is 1. The molecule has 0 atom stereocenters. The van der Waals surface area contributed by atoms with Gasteiger partial charge in [-0.15, -0.1) is 6.58 Å². The lowest BCUT2D eigenvalue weighted by Crippen LogP contribution is -2.32. The fourth-order valence-corrected chi connectivity index (χ4v) is 2.85. The topological polar surface area (TPSA) is 38.1 Å². The van der Waals surface area contributed by atoms with Gasteiger partial charge in [0.15, 0.2) is 0 Å². The molecule has 1 amide bonds. The van der Waals surface area contributed by atoms with Crippen LogP contribution in [-0.4, -0.2) is 26.9 Å². The lowest BCUT2D eigenvalue weighted by atomic mass is 10.1. The number of imidazole rings is 1. The molecule has 0 fully saturated rings. The maximum absolute atomic E-state index is 12.4. The molecule has 0 radical (unpaired) electrons. The smallest absolute Gasteiger partial charge is 0.223 e. The molecule has 1 aromatic heterocycles. The van der Waals surface area contributed by atoms with Crippen LogP contribution >= 0.6 is 23.2 Å². The molecular formula is C19H23Cl2N3O. The van der Waals surface area contributed by atoms with Gasteiger partial charge in [-0.25, -0.2) is 4.98 Å². The van der Waals surface area contributed by atoms with Gasteiger partial charge in [0.1, 0.15) is 5.82 Å². The van der Waals surface area contributed by atoms with Crippen LogP contribution in [0.15, 0.2) is 43.2 Å². The largest absolute Gasteiger partial charge is 0.332 e. The molecule has 25 heavy (non-hydrogen) atoms. The zero-order chi connectivity index (χ0) is 18.4. The van der Waals surface area contributed by atoms with Crippen molar-refractivity contribution in [1.29, 1.82) is 0 Å². The molecule has 0 aliphatic heterocycles. The van der Waals surface area contributed by atoms with Gasteiger partial charge in [-0.05, 0) is 23.6 Å². The highest BCUT2D eigenvalue weighted by molar-refractivity contribution is 6.42. The molecule has 0 saturated heterocycles. The van der Waals surface area contributed by atoms with E-state index in [4.69, 9.17) is 23.2 Å². The number of benzene rings is 1. The van der Waals surface area contributed by atoms with Crippen LogP contribution in [0, 0.1) is 5.92 Å². The zero-order valence-corrected chi connectivity index (χ0v) is 16.1. The number of carbonyl (C=O) groups excluding carboxylic acids is 1. The summed E-state index contributed by atoms with van der Waals surface area (Å²) < 4.78 is 2.01. The molecule has 0 N–H and O–H groups in total. The van der Waals surface area contributed by atoms with Crippen molar-refractivity contribution in [2.24, 2.45) is 5.92 Å². The van der Waals surface area contributed by atoms with Crippen LogP contribution in [0.25, 0.3) is 0 Å². The summed E-state index contributed by atoms with van der Waals surface area (Å²) in [5.74, 6) is 1.25. The van der Waals surface area contributed by atoms with Crippen LogP contribution in [-0.2, 0) is 17.9 Å². The van der Waals surface area contributed by atoms with E-state index in [1.165, 1.54) is 0 Å². The van der Waals surface area contributed by atoms with E-state index in [9.17, 15) is 4.79 Å². The van der Waals surface area contributed by atoms with E-state index < -0.39 is 0 Å². The Kier molecular flexibility index (Phi) is 7.09. The maximum atomic E-state index is 12.4. The third kappa shape index (κ3) is 5.62. The summed E-state index contributed by atoms with van der Waals surface area (Å²) in [6.07, 6.45) is 5.90. The average Bonchev–Trinajstić information content (AvgIpc) is 2.97. The second kappa shape index (κ2) is 9.07. The maximum Gasteiger partial charge on any atom is 0.223 e. The lowest BCUT2D eigenvalue weighted by Gasteiger charge is -2.22. The number of hydrogen-bond donors (Lipinski definition) is 0. The van der Waals surface area contributed by atoms with Gasteiger partial charge in [-0.2, -0.15) is 0 Å². The molecule has 4 nitrogen and oxygen atoms in total. The number of rotatable bonds is 8. The number of aromatic nitrogens is 2. The molecular weight excluding hydrogens is 357 g/mol. The Morgan fingerprint density at radius 2 is 2.12 bits per heavy atom. The van der Waals surface area contributed by atoms with Crippen molar-refractivity contribution in [2.45, 2.75) is 33.4 Å². The molecule has 134 valence electrons. The minimum absolute atomic E-state index is 0.110. The van der Waals surface area contributed by atoms with Gasteiger partial charge < -0.3 is 9.47 Å². The second-order valence-electron chi connectivity index (χ2n) is 6.38. The summed E-state index contributed by atoms with van der Waals surface area (Å²) in [6.45, 7) is 9.40. The van der Waals surface area contributed by atoms with Crippen molar-refractivity contribution in [3.8, 4) is 0 Å². The lowest BCUT2D eigenvalue weighted by molar-refractivity contribution is -0.132. The first-order chi connectivity index (χ1) is 11.9. The number of halogens is 2. The summed E-state index contributed by atoms with van der Waals surface area (Å²) in [5, 5.41) is 1.06. The molecule has 0 bridgehead atoms. The highest BCUT2D eigenvalue weighted by atomic mass is 35.5. The molecule has 0 unspecified atom stereocenters. The van der Waals surface area contributed by atoms with Crippen LogP contribution in [0.2, 0.25) is 10.0 Å². The van der Waals surface area contributed by atoms with Crippen molar-refractivity contribution in [3.63, 3.8) is 0 Å². The van der Waals surface area contributed by atoms with Crippen molar-refractivity contribution < 1.29 is 4.79 Å². The van der Waals surface area contributed by atoms with Crippen molar-refractivity contribution in [1.82, 2.24) is 14.5 Å². The molecule has 6 heteroatoms. The van der Waals surface area contributed by atoms with Crippen molar-refractivity contribution in [2.75, 3.05) is 6.54 Å². The van der Waals surface area contributed by atoms with E-state index in [1.54, 1.807) is 23.2 Å². The number of hydrogen-bond acceptors (Lipinski definition) is 2. The zero-order valence-electron chi connectivity index (χ0n) is 14.6. The van der Waals surface area contributed by atoms with Gasteiger partial charge in [-0.1, -0.05) is 49.2 Å². The van der Waals surface area contributed by atoms with Gasteiger partial charge in [-0.3, -0.25) is 4.79 Å². The summed E-state index contributed by atoms with van der Waals surface area (Å²) in [5.41, 5.74) is 1.03. The summed E-state index contributed by atoms with van der Waals surface area (Å²) in [7, 11) is 0. The Hall–Kier alpha value is -1.78. The number of nitrogens with zero attached hydrogens (tertiary/aromatic N) is 3. The minimum Gasteiger partial charge on any atom is -0.332 e. The van der Waals surface area contributed by atoms with Crippen LogP contribution < -0.4 is 0 Å². The quantitative estimate of drug-likeness (QED) is 0.617. The van der Waals surface area contributed by atoms with E-state index in [0.717, 1.165) is 11.4 Å². The Morgan fingerprint density at radius 3 is 2.76 bits per heavy atom. The first kappa shape index (κ1) is 19.5. The van der Waals surface area contributed by atoms with Crippen molar-refractivity contribution in [3.05, 3.63) is 64.7 Å². The Balaban J connectivity index is 2.14. The molecule has 0 saturated carbocycles. The summed E-state index contributed by atoms with van der Waals surface area (Å²) in [4.78, 5) is 18.6. The average molecular weight is 380 g/mol. The van der Waals surface area contributed by atoms with E-state index in [2.05, 4.69) is 11.6 Å².